The second kappa shape index (κ2) is 6.31. The van der Waals surface area contributed by atoms with E-state index in [4.69, 9.17) is 0 Å². The van der Waals surface area contributed by atoms with Gasteiger partial charge in [-0.1, -0.05) is 0 Å². The fourth-order valence-electron chi connectivity index (χ4n) is 2.66. The van der Waals surface area contributed by atoms with E-state index >= 15 is 0 Å². The highest BCUT2D eigenvalue weighted by atomic mass is 19.1. The summed E-state index contributed by atoms with van der Waals surface area (Å²) in [6.07, 6.45) is 3.27. The molecule has 1 aromatic rings. The molecule has 0 aromatic carbocycles. The van der Waals surface area contributed by atoms with Gasteiger partial charge in [-0.3, -0.25) is 4.79 Å². The maximum atomic E-state index is 12.8. The van der Waals surface area contributed by atoms with E-state index in [1.165, 1.54) is 18.3 Å². The molecule has 2 heterocycles. The number of rotatable bonds is 3. The van der Waals surface area contributed by atoms with Gasteiger partial charge >= 0.3 is 0 Å². The van der Waals surface area contributed by atoms with Gasteiger partial charge in [-0.05, 0) is 38.8 Å². The Morgan fingerprint density at radius 1 is 1.40 bits per heavy atom. The third-order valence-electron chi connectivity index (χ3n) is 4.07. The van der Waals surface area contributed by atoms with E-state index in [1.807, 2.05) is 7.05 Å². The summed E-state index contributed by atoms with van der Waals surface area (Å²) in [4.78, 5) is 20.1. The van der Waals surface area contributed by atoms with Crippen molar-refractivity contribution in [3.63, 3.8) is 0 Å². The first-order valence-corrected chi connectivity index (χ1v) is 7.12. The van der Waals surface area contributed by atoms with Crippen molar-refractivity contribution in [2.24, 2.45) is 0 Å². The van der Waals surface area contributed by atoms with Crippen LogP contribution in [0.4, 0.5) is 4.39 Å². The Morgan fingerprint density at radius 3 is 2.55 bits per heavy atom. The molecule has 0 N–H and O–H groups in total. The molecular weight excluding hydrogens is 257 g/mol. The lowest BCUT2D eigenvalue weighted by molar-refractivity contribution is 0.0615. The molecule has 0 radical (unpaired) electrons. The summed E-state index contributed by atoms with van der Waals surface area (Å²) in [6, 6.07) is 3.52. The third kappa shape index (κ3) is 3.33. The molecule has 1 amide bonds. The minimum absolute atomic E-state index is 0.0829. The number of hydrogen-bond donors (Lipinski definition) is 0. The molecule has 0 spiro atoms. The zero-order chi connectivity index (χ0) is 14.7. The van der Waals surface area contributed by atoms with Gasteiger partial charge < -0.3 is 9.80 Å². The summed E-state index contributed by atoms with van der Waals surface area (Å²) in [5.74, 6) is -0.644. The molecule has 0 bridgehead atoms. The SMILES string of the molecule is CC(C)N1CCC(N(C)C(=O)c2ccc(F)nc2)CC1. The second-order valence-corrected chi connectivity index (χ2v) is 5.65. The Kier molecular flexibility index (Phi) is 4.70. The maximum Gasteiger partial charge on any atom is 0.255 e. The van der Waals surface area contributed by atoms with Crippen molar-refractivity contribution in [3.8, 4) is 0 Å². The molecule has 0 atom stereocenters. The summed E-state index contributed by atoms with van der Waals surface area (Å²) in [5, 5.41) is 0. The van der Waals surface area contributed by atoms with Crippen molar-refractivity contribution in [2.75, 3.05) is 20.1 Å². The van der Waals surface area contributed by atoms with Crippen LogP contribution in [0.15, 0.2) is 18.3 Å². The Hall–Kier alpha value is -1.49. The molecule has 0 saturated carbocycles. The number of hydrogen-bond acceptors (Lipinski definition) is 3. The first kappa shape index (κ1) is 14.9. The smallest absolute Gasteiger partial charge is 0.255 e. The normalized spacial score (nSPS) is 17.4. The van der Waals surface area contributed by atoms with Crippen LogP contribution >= 0.6 is 0 Å². The maximum absolute atomic E-state index is 12.8. The zero-order valence-corrected chi connectivity index (χ0v) is 12.3. The summed E-state index contributed by atoms with van der Waals surface area (Å²) in [5.41, 5.74) is 0.445. The van der Waals surface area contributed by atoms with Gasteiger partial charge in [0, 0.05) is 38.4 Å². The Bertz CT molecular complexity index is 453. The molecule has 2 rings (SSSR count). The second-order valence-electron chi connectivity index (χ2n) is 5.65. The van der Waals surface area contributed by atoms with E-state index < -0.39 is 5.95 Å². The molecule has 1 saturated heterocycles. The van der Waals surface area contributed by atoms with E-state index in [1.54, 1.807) is 4.90 Å². The van der Waals surface area contributed by atoms with Crippen molar-refractivity contribution in [1.29, 1.82) is 0 Å². The lowest BCUT2D eigenvalue weighted by Crippen LogP contribution is -2.47. The molecule has 1 aromatic heterocycles. The number of aromatic nitrogens is 1. The van der Waals surface area contributed by atoms with Crippen LogP contribution in [0.1, 0.15) is 37.0 Å². The molecule has 4 nitrogen and oxygen atoms in total. The minimum Gasteiger partial charge on any atom is -0.339 e. The topological polar surface area (TPSA) is 36.4 Å². The third-order valence-corrected chi connectivity index (χ3v) is 4.07. The molecule has 0 aliphatic carbocycles. The predicted molar refractivity (Wildman–Crippen MR) is 76.0 cm³/mol. The molecule has 110 valence electrons. The zero-order valence-electron chi connectivity index (χ0n) is 12.3. The number of carbonyl (C=O) groups excluding carboxylic acids is 1. The highest BCUT2D eigenvalue weighted by Gasteiger charge is 2.26. The van der Waals surface area contributed by atoms with Crippen LogP contribution in [0.3, 0.4) is 0 Å². The molecule has 1 fully saturated rings. The first-order valence-electron chi connectivity index (χ1n) is 7.12. The number of amides is 1. The average molecular weight is 279 g/mol. The van der Waals surface area contributed by atoms with Crippen molar-refractivity contribution in [3.05, 3.63) is 29.8 Å². The number of pyridine rings is 1. The summed E-state index contributed by atoms with van der Waals surface area (Å²) in [6.45, 7) is 6.42. The van der Waals surface area contributed by atoms with Gasteiger partial charge in [0.2, 0.25) is 5.95 Å². The van der Waals surface area contributed by atoms with E-state index in [9.17, 15) is 9.18 Å². The standard InChI is InChI=1S/C15H22FN3O/c1-11(2)19-8-6-13(7-9-19)18(3)15(20)12-4-5-14(16)17-10-12/h4-5,10-11,13H,6-9H2,1-3H3. The lowest BCUT2D eigenvalue weighted by atomic mass is 10.0. The van der Waals surface area contributed by atoms with Gasteiger partial charge in [-0.25, -0.2) is 4.98 Å². The van der Waals surface area contributed by atoms with Crippen LogP contribution in [-0.2, 0) is 0 Å². The van der Waals surface area contributed by atoms with Crippen molar-refractivity contribution >= 4 is 5.91 Å². The molecule has 5 heteroatoms. The van der Waals surface area contributed by atoms with Gasteiger partial charge in [0.15, 0.2) is 0 Å². The largest absolute Gasteiger partial charge is 0.339 e. The number of piperidine rings is 1. The first-order chi connectivity index (χ1) is 9.49. The molecule has 0 unspecified atom stereocenters. The molecule has 20 heavy (non-hydrogen) atoms. The van der Waals surface area contributed by atoms with Crippen LogP contribution in [0, 0.1) is 5.95 Å². The van der Waals surface area contributed by atoms with Crippen LogP contribution < -0.4 is 0 Å². The van der Waals surface area contributed by atoms with Crippen molar-refractivity contribution in [1.82, 2.24) is 14.8 Å². The van der Waals surface area contributed by atoms with Crippen LogP contribution in [-0.4, -0.2) is 52.9 Å². The fraction of sp³-hybridized carbons (Fsp3) is 0.600. The van der Waals surface area contributed by atoms with E-state index in [-0.39, 0.29) is 11.9 Å². The number of nitrogens with zero attached hydrogens (tertiary/aromatic N) is 3. The highest BCUT2D eigenvalue weighted by molar-refractivity contribution is 5.93. The van der Waals surface area contributed by atoms with E-state index in [2.05, 4.69) is 23.7 Å². The van der Waals surface area contributed by atoms with E-state index in [0.29, 0.717) is 11.6 Å². The predicted octanol–water partition coefficient (Wildman–Crippen LogP) is 2.17. The van der Waals surface area contributed by atoms with Crippen molar-refractivity contribution < 1.29 is 9.18 Å². The van der Waals surface area contributed by atoms with Gasteiger partial charge in [-0.2, -0.15) is 4.39 Å². The fourth-order valence-corrected chi connectivity index (χ4v) is 2.66. The monoisotopic (exact) mass is 279 g/mol. The number of halogens is 1. The Balaban J connectivity index is 1.96. The molecular formula is C15H22FN3O. The van der Waals surface area contributed by atoms with Crippen molar-refractivity contribution in [2.45, 2.75) is 38.8 Å². The summed E-state index contributed by atoms with van der Waals surface area (Å²) < 4.78 is 12.8. The quantitative estimate of drug-likeness (QED) is 0.796. The lowest BCUT2D eigenvalue weighted by Gasteiger charge is -2.38. The minimum atomic E-state index is -0.561. The van der Waals surface area contributed by atoms with Gasteiger partial charge in [0.05, 0.1) is 5.56 Å². The van der Waals surface area contributed by atoms with E-state index in [0.717, 1.165) is 25.9 Å². The van der Waals surface area contributed by atoms with Crippen LogP contribution in [0.25, 0.3) is 0 Å². The van der Waals surface area contributed by atoms with Gasteiger partial charge in [-0.15, -0.1) is 0 Å². The Morgan fingerprint density at radius 2 is 2.05 bits per heavy atom. The summed E-state index contributed by atoms with van der Waals surface area (Å²) >= 11 is 0. The summed E-state index contributed by atoms with van der Waals surface area (Å²) in [7, 11) is 1.82. The molecule has 1 aliphatic heterocycles. The number of likely N-dealkylation sites (tertiary alicyclic amines) is 1. The highest BCUT2D eigenvalue weighted by Crippen LogP contribution is 2.18. The molecule has 1 aliphatic rings. The number of carbonyl (C=O) groups is 1. The average Bonchev–Trinajstić information content (AvgIpc) is 2.46. The van der Waals surface area contributed by atoms with Crippen LogP contribution in [0.5, 0.6) is 0 Å². The van der Waals surface area contributed by atoms with Gasteiger partial charge in [0.25, 0.3) is 5.91 Å². The van der Waals surface area contributed by atoms with Crippen LogP contribution in [0.2, 0.25) is 0 Å². The Labute approximate surface area is 119 Å². The van der Waals surface area contributed by atoms with Gasteiger partial charge in [0.1, 0.15) is 0 Å².